The van der Waals surface area contributed by atoms with Gasteiger partial charge < -0.3 is 0 Å². The zero-order chi connectivity index (χ0) is 14.0. The third kappa shape index (κ3) is 3.11. The van der Waals surface area contributed by atoms with E-state index >= 15 is 0 Å². The topological polar surface area (TPSA) is 17.1 Å². The van der Waals surface area contributed by atoms with Crippen molar-refractivity contribution in [2.45, 2.75) is 34.1 Å². The molecule has 2 aromatic rings. The van der Waals surface area contributed by atoms with E-state index in [4.69, 9.17) is 0 Å². The van der Waals surface area contributed by atoms with Crippen molar-refractivity contribution in [3.63, 3.8) is 0 Å². The average Bonchev–Trinajstić information content (AvgIpc) is 2.27. The van der Waals surface area contributed by atoms with Crippen molar-refractivity contribution in [3.8, 4) is 0 Å². The maximum absolute atomic E-state index is 12.5. The van der Waals surface area contributed by atoms with Crippen LogP contribution in [-0.2, 0) is 6.42 Å². The predicted octanol–water partition coefficient (Wildman–Crippen LogP) is 4.35. The Morgan fingerprint density at radius 3 is 2.11 bits per heavy atom. The largest absolute Gasteiger partial charge is 0.294 e. The number of carbonyl (C=O) groups is 1. The predicted molar refractivity (Wildman–Crippen MR) is 79.9 cm³/mol. The maximum Gasteiger partial charge on any atom is 0.167 e. The fourth-order valence-corrected chi connectivity index (χ4v) is 2.72. The summed E-state index contributed by atoms with van der Waals surface area (Å²) in [6.07, 6.45) is 0.479. The summed E-state index contributed by atoms with van der Waals surface area (Å²) in [5, 5.41) is 0. The first-order valence-electron chi connectivity index (χ1n) is 6.64. The third-order valence-corrected chi connectivity index (χ3v) is 3.40. The van der Waals surface area contributed by atoms with Crippen molar-refractivity contribution in [1.82, 2.24) is 0 Å². The molecule has 2 aromatic carbocycles. The minimum atomic E-state index is 0.209. The van der Waals surface area contributed by atoms with Gasteiger partial charge in [-0.15, -0.1) is 0 Å². The van der Waals surface area contributed by atoms with Gasteiger partial charge in [0.05, 0.1) is 0 Å². The first kappa shape index (κ1) is 13.5. The standard InChI is InChI=1S/C18H20O/c1-12-6-5-7-16(10-12)11-17(19)18-14(3)8-13(2)9-15(18)4/h5-10H,11H2,1-4H3. The molecule has 0 aliphatic rings. The first-order valence-corrected chi connectivity index (χ1v) is 6.64. The highest BCUT2D eigenvalue weighted by molar-refractivity contribution is 6.00. The molecule has 19 heavy (non-hydrogen) atoms. The van der Waals surface area contributed by atoms with Crippen LogP contribution in [0, 0.1) is 27.7 Å². The molecule has 0 heterocycles. The van der Waals surface area contributed by atoms with Crippen LogP contribution in [0.3, 0.4) is 0 Å². The van der Waals surface area contributed by atoms with Gasteiger partial charge in [-0.1, -0.05) is 47.5 Å². The van der Waals surface area contributed by atoms with Crippen molar-refractivity contribution in [1.29, 1.82) is 0 Å². The molecule has 0 fully saturated rings. The number of rotatable bonds is 3. The molecule has 0 aliphatic carbocycles. The number of hydrogen-bond acceptors (Lipinski definition) is 1. The normalized spacial score (nSPS) is 10.5. The summed E-state index contributed by atoms with van der Waals surface area (Å²) >= 11 is 0. The Kier molecular flexibility index (Phi) is 3.84. The van der Waals surface area contributed by atoms with E-state index in [1.807, 2.05) is 26.0 Å². The second-order valence-corrected chi connectivity index (χ2v) is 5.36. The maximum atomic E-state index is 12.5. The van der Waals surface area contributed by atoms with Gasteiger partial charge in [-0.2, -0.15) is 0 Å². The SMILES string of the molecule is Cc1cccc(CC(=O)c2c(C)cc(C)cc2C)c1. The van der Waals surface area contributed by atoms with Crippen molar-refractivity contribution in [2.24, 2.45) is 0 Å². The molecular formula is C18H20O. The van der Waals surface area contributed by atoms with Gasteiger partial charge in [-0.3, -0.25) is 4.79 Å². The Morgan fingerprint density at radius 1 is 0.895 bits per heavy atom. The lowest BCUT2D eigenvalue weighted by molar-refractivity contribution is 0.0992. The summed E-state index contributed by atoms with van der Waals surface area (Å²) < 4.78 is 0. The molecule has 0 saturated heterocycles. The van der Waals surface area contributed by atoms with E-state index in [2.05, 4.69) is 38.1 Å². The number of ketones is 1. The minimum absolute atomic E-state index is 0.209. The summed E-state index contributed by atoms with van der Waals surface area (Å²) in [7, 11) is 0. The molecule has 2 rings (SSSR count). The third-order valence-electron chi connectivity index (χ3n) is 3.40. The monoisotopic (exact) mass is 252 g/mol. The quantitative estimate of drug-likeness (QED) is 0.742. The van der Waals surface area contributed by atoms with Crippen LogP contribution in [-0.4, -0.2) is 5.78 Å². The Labute approximate surface area is 115 Å². The average molecular weight is 252 g/mol. The molecular weight excluding hydrogens is 232 g/mol. The fourth-order valence-electron chi connectivity index (χ4n) is 2.72. The molecule has 98 valence electrons. The van der Waals surface area contributed by atoms with E-state index in [1.165, 1.54) is 11.1 Å². The van der Waals surface area contributed by atoms with Crippen LogP contribution >= 0.6 is 0 Å². The molecule has 0 atom stereocenters. The van der Waals surface area contributed by atoms with E-state index < -0.39 is 0 Å². The summed E-state index contributed by atoms with van der Waals surface area (Å²) in [4.78, 5) is 12.5. The van der Waals surface area contributed by atoms with Crippen molar-refractivity contribution < 1.29 is 4.79 Å². The smallest absolute Gasteiger partial charge is 0.167 e. The zero-order valence-electron chi connectivity index (χ0n) is 12.1. The summed E-state index contributed by atoms with van der Waals surface area (Å²) in [6, 6.07) is 12.3. The summed E-state index contributed by atoms with van der Waals surface area (Å²) in [6.45, 7) is 8.15. The summed E-state index contributed by atoms with van der Waals surface area (Å²) in [5.74, 6) is 0.209. The fraction of sp³-hybridized carbons (Fsp3) is 0.278. The van der Waals surface area contributed by atoms with Gasteiger partial charge in [0.2, 0.25) is 0 Å². The van der Waals surface area contributed by atoms with Crippen LogP contribution < -0.4 is 0 Å². The van der Waals surface area contributed by atoms with Crippen LogP contribution in [0.2, 0.25) is 0 Å². The highest BCUT2D eigenvalue weighted by Gasteiger charge is 2.13. The van der Waals surface area contributed by atoms with Crippen molar-refractivity contribution >= 4 is 5.78 Å². The number of benzene rings is 2. The molecule has 0 amide bonds. The second kappa shape index (κ2) is 5.40. The number of hydrogen-bond donors (Lipinski definition) is 0. The molecule has 0 radical (unpaired) electrons. The lowest BCUT2D eigenvalue weighted by atomic mass is 9.93. The highest BCUT2D eigenvalue weighted by Crippen LogP contribution is 2.19. The van der Waals surface area contributed by atoms with Crippen molar-refractivity contribution in [3.05, 3.63) is 69.8 Å². The van der Waals surface area contributed by atoms with Crippen molar-refractivity contribution in [2.75, 3.05) is 0 Å². The minimum Gasteiger partial charge on any atom is -0.294 e. The molecule has 0 unspecified atom stereocenters. The van der Waals surface area contributed by atoms with Crippen LogP contribution in [0.15, 0.2) is 36.4 Å². The molecule has 0 N–H and O–H groups in total. The van der Waals surface area contributed by atoms with Gasteiger partial charge in [0.25, 0.3) is 0 Å². The first-order chi connectivity index (χ1) is 8.97. The lowest BCUT2D eigenvalue weighted by Crippen LogP contribution is -2.08. The van der Waals surface area contributed by atoms with Gasteiger partial charge in [0.15, 0.2) is 5.78 Å². The van der Waals surface area contributed by atoms with Gasteiger partial charge in [0.1, 0.15) is 0 Å². The van der Waals surface area contributed by atoms with Gasteiger partial charge >= 0.3 is 0 Å². The Bertz CT molecular complexity index is 600. The number of Topliss-reactive ketones (excluding diaryl/α,β-unsaturated/α-hetero) is 1. The van der Waals surface area contributed by atoms with E-state index in [0.717, 1.165) is 22.3 Å². The van der Waals surface area contributed by atoms with Gasteiger partial charge in [-0.05, 0) is 44.4 Å². The Balaban J connectivity index is 2.31. The number of aryl methyl sites for hydroxylation is 4. The Hall–Kier alpha value is -1.89. The highest BCUT2D eigenvalue weighted by atomic mass is 16.1. The van der Waals surface area contributed by atoms with Crippen LogP contribution in [0.4, 0.5) is 0 Å². The molecule has 0 spiro atoms. The molecule has 0 saturated carbocycles. The molecule has 1 heteroatoms. The van der Waals surface area contributed by atoms with E-state index in [0.29, 0.717) is 6.42 Å². The second-order valence-electron chi connectivity index (χ2n) is 5.36. The van der Waals surface area contributed by atoms with Gasteiger partial charge in [0, 0.05) is 12.0 Å². The molecule has 1 nitrogen and oxygen atoms in total. The van der Waals surface area contributed by atoms with Crippen LogP contribution in [0.1, 0.15) is 38.2 Å². The van der Waals surface area contributed by atoms with Crippen LogP contribution in [0.5, 0.6) is 0 Å². The van der Waals surface area contributed by atoms with E-state index in [1.54, 1.807) is 0 Å². The zero-order valence-corrected chi connectivity index (χ0v) is 12.1. The Morgan fingerprint density at radius 2 is 1.53 bits per heavy atom. The van der Waals surface area contributed by atoms with Crippen LogP contribution in [0.25, 0.3) is 0 Å². The van der Waals surface area contributed by atoms with E-state index in [9.17, 15) is 4.79 Å². The molecule has 0 bridgehead atoms. The molecule has 0 aliphatic heterocycles. The number of carbonyl (C=O) groups excluding carboxylic acids is 1. The summed E-state index contributed by atoms with van der Waals surface area (Å²) in [5.41, 5.74) is 6.53. The molecule has 0 aromatic heterocycles. The van der Waals surface area contributed by atoms with Gasteiger partial charge in [-0.25, -0.2) is 0 Å². The lowest BCUT2D eigenvalue weighted by Gasteiger charge is -2.10. The van der Waals surface area contributed by atoms with E-state index in [-0.39, 0.29) is 5.78 Å².